The van der Waals surface area contributed by atoms with Crippen molar-refractivity contribution in [3.05, 3.63) is 23.4 Å². The molecule has 2 aromatic rings. The van der Waals surface area contributed by atoms with Crippen LogP contribution < -0.4 is 19.7 Å². The highest BCUT2D eigenvalue weighted by atomic mass is 35.5. The Kier molecular flexibility index (Phi) is 4.03. The van der Waals surface area contributed by atoms with Crippen LogP contribution in [0, 0.1) is 0 Å². The molecule has 0 unspecified atom stereocenters. The molecular formula is C15H18ClN3O2. The highest BCUT2D eigenvalue weighted by molar-refractivity contribution is 6.30. The lowest BCUT2D eigenvalue weighted by Gasteiger charge is -2.29. The van der Waals surface area contributed by atoms with E-state index in [0.29, 0.717) is 16.7 Å². The maximum absolute atomic E-state index is 6.19. The van der Waals surface area contributed by atoms with Crippen molar-refractivity contribution in [1.29, 1.82) is 0 Å². The number of benzene rings is 1. The van der Waals surface area contributed by atoms with E-state index >= 15 is 0 Å². The van der Waals surface area contributed by atoms with E-state index in [2.05, 4.69) is 15.2 Å². The van der Waals surface area contributed by atoms with Crippen LogP contribution in [-0.2, 0) is 0 Å². The predicted molar refractivity (Wildman–Crippen MR) is 84.9 cm³/mol. The minimum Gasteiger partial charge on any atom is -0.493 e. The minimum atomic E-state index is 0.489. The number of anilines is 1. The van der Waals surface area contributed by atoms with Crippen LogP contribution in [0.4, 0.5) is 5.82 Å². The Hall–Kier alpha value is -1.72. The molecule has 0 spiro atoms. The summed E-state index contributed by atoms with van der Waals surface area (Å²) in [5, 5.41) is 5.86. The summed E-state index contributed by atoms with van der Waals surface area (Å²) < 4.78 is 10.8. The molecule has 1 aromatic heterocycles. The number of ether oxygens (including phenoxy) is 2. The van der Waals surface area contributed by atoms with Gasteiger partial charge in [0.2, 0.25) is 0 Å². The molecule has 1 aliphatic rings. The third kappa shape index (κ3) is 2.71. The highest BCUT2D eigenvalue weighted by Gasteiger charge is 2.17. The lowest BCUT2D eigenvalue weighted by Crippen LogP contribution is -2.44. The molecule has 1 aromatic carbocycles. The van der Waals surface area contributed by atoms with Gasteiger partial charge in [0, 0.05) is 31.6 Å². The summed E-state index contributed by atoms with van der Waals surface area (Å²) in [6, 6.07) is 5.76. The molecule has 0 saturated carbocycles. The van der Waals surface area contributed by atoms with Crippen LogP contribution in [0.2, 0.25) is 5.15 Å². The van der Waals surface area contributed by atoms with Gasteiger partial charge in [0.25, 0.3) is 0 Å². The van der Waals surface area contributed by atoms with Crippen LogP contribution in [0.1, 0.15) is 0 Å². The fourth-order valence-corrected chi connectivity index (χ4v) is 2.85. The van der Waals surface area contributed by atoms with E-state index in [1.165, 1.54) is 0 Å². The van der Waals surface area contributed by atoms with Crippen molar-refractivity contribution in [3.8, 4) is 11.5 Å². The second-order valence-corrected chi connectivity index (χ2v) is 5.32. The molecule has 21 heavy (non-hydrogen) atoms. The molecule has 1 saturated heterocycles. The van der Waals surface area contributed by atoms with Crippen molar-refractivity contribution in [2.24, 2.45) is 0 Å². The number of fused-ring (bicyclic) bond motifs is 1. The molecule has 0 radical (unpaired) electrons. The largest absolute Gasteiger partial charge is 0.493 e. The van der Waals surface area contributed by atoms with Gasteiger partial charge in [-0.15, -0.1) is 0 Å². The minimum absolute atomic E-state index is 0.489. The first-order valence-corrected chi connectivity index (χ1v) is 7.28. The zero-order valence-corrected chi connectivity index (χ0v) is 12.9. The van der Waals surface area contributed by atoms with Gasteiger partial charge in [0.15, 0.2) is 11.5 Å². The molecule has 0 atom stereocenters. The molecule has 0 bridgehead atoms. The average Bonchev–Trinajstić information content (AvgIpc) is 2.53. The van der Waals surface area contributed by atoms with Crippen molar-refractivity contribution >= 4 is 28.2 Å². The van der Waals surface area contributed by atoms with Gasteiger partial charge in [-0.3, -0.25) is 0 Å². The van der Waals surface area contributed by atoms with Gasteiger partial charge in [-0.1, -0.05) is 11.6 Å². The zero-order valence-electron chi connectivity index (χ0n) is 12.1. The van der Waals surface area contributed by atoms with Gasteiger partial charge in [0.05, 0.1) is 14.2 Å². The van der Waals surface area contributed by atoms with Crippen LogP contribution >= 0.6 is 11.6 Å². The average molecular weight is 308 g/mol. The Bertz CT molecular complexity index is 657. The van der Waals surface area contributed by atoms with E-state index in [1.54, 1.807) is 14.2 Å². The van der Waals surface area contributed by atoms with Gasteiger partial charge in [-0.05, 0) is 23.6 Å². The van der Waals surface area contributed by atoms with Crippen LogP contribution in [-0.4, -0.2) is 45.4 Å². The van der Waals surface area contributed by atoms with E-state index < -0.39 is 0 Å². The van der Waals surface area contributed by atoms with E-state index in [0.717, 1.165) is 42.8 Å². The number of halogens is 1. The standard InChI is InChI=1S/C15H18ClN3O2/c1-20-12-7-10-8-14(16)18-15(11(10)9-13(12)21-2)19-5-3-17-4-6-19/h7-9,17H,3-6H2,1-2H3. The monoisotopic (exact) mass is 307 g/mol. The number of hydrogen-bond acceptors (Lipinski definition) is 5. The first-order valence-electron chi connectivity index (χ1n) is 6.91. The normalized spacial score (nSPS) is 15.3. The van der Waals surface area contributed by atoms with Crippen LogP contribution in [0.5, 0.6) is 11.5 Å². The van der Waals surface area contributed by atoms with Crippen LogP contribution in [0.15, 0.2) is 18.2 Å². The molecular weight excluding hydrogens is 290 g/mol. The van der Waals surface area contributed by atoms with Gasteiger partial charge < -0.3 is 19.7 Å². The summed E-state index contributed by atoms with van der Waals surface area (Å²) in [7, 11) is 3.27. The van der Waals surface area contributed by atoms with Crippen LogP contribution in [0.3, 0.4) is 0 Å². The fraction of sp³-hybridized carbons (Fsp3) is 0.400. The first kappa shape index (κ1) is 14.2. The molecule has 1 fully saturated rings. The number of pyridine rings is 1. The summed E-state index contributed by atoms with van der Waals surface area (Å²) in [6.07, 6.45) is 0. The molecule has 0 amide bonds. The summed E-state index contributed by atoms with van der Waals surface area (Å²) >= 11 is 6.19. The number of nitrogens with zero attached hydrogens (tertiary/aromatic N) is 2. The summed E-state index contributed by atoms with van der Waals surface area (Å²) in [5.74, 6) is 2.30. The highest BCUT2D eigenvalue weighted by Crippen LogP contribution is 2.37. The maximum Gasteiger partial charge on any atom is 0.161 e. The summed E-state index contributed by atoms with van der Waals surface area (Å²) in [4.78, 5) is 6.77. The SMILES string of the molecule is COc1cc2cc(Cl)nc(N3CCNCC3)c2cc1OC. The van der Waals surface area contributed by atoms with Crippen molar-refractivity contribution < 1.29 is 9.47 Å². The molecule has 5 nitrogen and oxygen atoms in total. The number of aromatic nitrogens is 1. The Morgan fingerprint density at radius 3 is 2.43 bits per heavy atom. The molecule has 112 valence electrons. The maximum atomic E-state index is 6.19. The van der Waals surface area contributed by atoms with E-state index in [-0.39, 0.29) is 0 Å². The lowest BCUT2D eigenvalue weighted by molar-refractivity contribution is 0.356. The van der Waals surface area contributed by atoms with Gasteiger partial charge in [-0.2, -0.15) is 0 Å². The number of rotatable bonds is 3. The van der Waals surface area contributed by atoms with Crippen molar-refractivity contribution in [2.45, 2.75) is 0 Å². The summed E-state index contributed by atoms with van der Waals surface area (Å²) in [6.45, 7) is 3.72. The Morgan fingerprint density at radius 2 is 1.76 bits per heavy atom. The first-order chi connectivity index (χ1) is 10.2. The molecule has 1 aliphatic heterocycles. The topological polar surface area (TPSA) is 46.6 Å². The number of hydrogen-bond donors (Lipinski definition) is 1. The van der Waals surface area contributed by atoms with Gasteiger partial charge in [-0.25, -0.2) is 4.98 Å². The second-order valence-electron chi connectivity index (χ2n) is 4.93. The van der Waals surface area contributed by atoms with E-state index in [9.17, 15) is 0 Å². The van der Waals surface area contributed by atoms with Crippen molar-refractivity contribution in [3.63, 3.8) is 0 Å². The molecule has 2 heterocycles. The zero-order chi connectivity index (χ0) is 14.8. The Labute approximate surface area is 128 Å². The number of methoxy groups -OCH3 is 2. The predicted octanol–water partition coefficient (Wildman–Crippen LogP) is 2.31. The summed E-state index contributed by atoms with van der Waals surface area (Å²) in [5.41, 5.74) is 0. The van der Waals surface area contributed by atoms with Crippen LogP contribution in [0.25, 0.3) is 10.8 Å². The Morgan fingerprint density at radius 1 is 1.10 bits per heavy atom. The van der Waals surface area contributed by atoms with Gasteiger partial charge in [0.1, 0.15) is 11.0 Å². The van der Waals surface area contributed by atoms with Crippen molar-refractivity contribution in [1.82, 2.24) is 10.3 Å². The quantitative estimate of drug-likeness (QED) is 0.882. The molecule has 1 N–H and O–H groups in total. The van der Waals surface area contributed by atoms with Crippen molar-refractivity contribution in [2.75, 3.05) is 45.3 Å². The third-order valence-electron chi connectivity index (χ3n) is 3.70. The fourth-order valence-electron chi connectivity index (χ4n) is 2.65. The smallest absolute Gasteiger partial charge is 0.161 e. The number of piperazine rings is 1. The molecule has 0 aliphatic carbocycles. The third-order valence-corrected chi connectivity index (χ3v) is 3.89. The number of nitrogens with one attached hydrogen (secondary N) is 1. The van der Waals surface area contributed by atoms with E-state index in [1.807, 2.05) is 18.2 Å². The van der Waals surface area contributed by atoms with Gasteiger partial charge >= 0.3 is 0 Å². The lowest BCUT2D eigenvalue weighted by atomic mass is 10.1. The molecule has 6 heteroatoms. The van der Waals surface area contributed by atoms with E-state index in [4.69, 9.17) is 21.1 Å². The second kappa shape index (κ2) is 5.95. The molecule has 3 rings (SSSR count). The Balaban J connectivity index is 2.18.